The summed E-state index contributed by atoms with van der Waals surface area (Å²) in [6, 6.07) is 16.5. The first-order chi connectivity index (χ1) is 19.1. The molecule has 0 unspecified atom stereocenters. The minimum absolute atomic E-state index is 0.309. The van der Waals surface area contributed by atoms with Crippen molar-refractivity contribution in [2.75, 3.05) is 25.0 Å². The van der Waals surface area contributed by atoms with Gasteiger partial charge in [-0.05, 0) is 73.7 Å². The van der Waals surface area contributed by atoms with E-state index in [2.05, 4.69) is 19.2 Å². The topological polar surface area (TPSA) is 118 Å². The molecular weight excluding hydrogens is 519 g/mol. The summed E-state index contributed by atoms with van der Waals surface area (Å²) >= 11 is 0. The minimum atomic E-state index is -1.08. The summed E-state index contributed by atoms with van der Waals surface area (Å²) in [7, 11) is 0. The SMILES string of the molecule is CC(C)CC1(O)CCN(C(=O)Nc2cc(Oc3ccc(F)cc3)cc(Oc3ccc(OCC(=O)O)cc3)c2)CC1. The lowest BCUT2D eigenvalue weighted by molar-refractivity contribution is -0.139. The third-order valence-electron chi connectivity index (χ3n) is 6.37. The smallest absolute Gasteiger partial charge is 0.341 e. The molecule has 3 aromatic carbocycles. The van der Waals surface area contributed by atoms with Crippen LogP contribution in [0.1, 0.15) is 33.1 Å². The highest BCUT2D eigenvalue weighted by atomic mass is 19.1. The van der Waals surface area contributed by atoms with E-state index >= 15 is 0 Å². The van der Waals surface area contributed by atoms with Crippen LogP contribution in [0.15, 0.2) is 66.7 Å². The number of piperidine rings is 1. The Morgan fingerprint density at radius 1 is 0.900 bits per heavy atom. The molecule has 2 amide bonds. The summed E-state index contributed by atoms with van der Waals surface area (Å²) in [4.78, 5) is 25.5. The molecule has 1 aliphatic rings. The van der Waals surface area contributed by atoms with Crippen molar-refractivity contribution in [3.8, 4) is 28.7 Å². The number of halogens is 1. The second kappa shape index (κ2) is 12.7. The largest absolute Gasteiger partial charge is 0.482 e. The molecular formula is C30H33FN2O7. The van der Waals surface area contributed by atoms with E-state index < -0.39 is 24.0 Å². The molecule has 3 aromatic rings. The Bertz CT molecular complexity index is 1300. The highest BCUT2D eigenvalue weighted by Crippen LogP contribution is 2.34. The molecule has 1 fully saturated rings. The van der Waals surface area contributed by atoms with E-state index in [1.807, 2.05) is 0 Å². The molecule has 1 heterocycles. The lowest BCUT2D eigenvalue weighted by atomic mass is 9.84. The van der Waals surface area contributed by atoms with Crippen LogP contribution in [0.2, 0.25) is 0 Å². The standard InChI is InChI=1S/C30H33FN2O7/c1-20(2)18-30(37)11-13-33(14-12-30)29(36)32-22-15-26(39-24-5-3-21(31)4-6-24)17-27(16-22)40-25-9-7-23(8-10-25)38-19-28(34)35/h3-10,15-17,20,37H,11-14,18-19H2,1-2H3,(H,32,36)(H,34,35). The second-order valence-corrected chi connectivity index (χ2v) is 10.2. The molecule has 40 heavy (non-hydrogen) atoms. The van der Waals surface area contributed by atoms with E-state index in [0.29, 0.717) is 72.7 Å². The van der Waals surface area contributed by atoms with Gasteiger partial charge in [-0.25, -0.2) is 14.0 Å². The lowest BCUT2D eigenvalue weighted by Crippen LogP contribution is -2.48. The Morgan fingerprint density at radius 2 is 1.43 bits per heavy atom. The van der Waals surface area contributed by atoms with Gasteiger partial charge in [-0.2, -0.15) is 0 Å². The Hall–Kier alpha value is -4.31. The maximum absolute atomic E-state index is 13.4. The molecule has 4 rings (SSSR count). The molecule has 0 bridgehead atoms. The van der Waals surface area contributed by atoms with Crippen LogP contribution in [0, 0.1) is 11.7 Å². The van der Waals surface area contributed by atoms with Crippen molar-refractivity contribution in [2.24, 2.45) is 5.92 Å². The molecule has 10 heteroatoms. The number of anilines is 1. The number of carboxylic acid groups (broad SMARTS) is 1. The Morgan fingerprint density at radius 3 is 1.95 bits per heavy atom. The minimum Gasteiger partial charge on any atom is -0.482 e. The molecule has 212 valence electrons. The van der Waals surface area contributed by atoms with Crippen molar-refractivity contribution in [1.29, 1.82) is 0 Å². The summed E-state index contributed by atoms with van der Waals surface area (Å²) in [5.74, 6) is 0.818. The fourth-order valence-electron chi connectivity index (χ4n) is 4.58. The molecule has 1 aliphatic heterocycles. The van der Waals surface area contributed by atoms with Gasteiger partial charge in [0, 0.05) is 37.0 Å². The van der Waals surface area contributed by atoms with Crippen LogP contribution < -0.4 is 19.5 Å². The summed E-state index contributed by atoms with van der Waals surface area (Å²) < 4.78 is 30.4. The number of ether oxygens (including phenoxy) is 3. The average Bonchev–Trinajstić information content (AvgIpc) is 2.89. The number of benzene rings is 3. The van der Waals surface area contributed by atoms with Crippen LogP contribution in [-0.2, 0) is 4.79 Å². The number of nitrogens with one attached hydrogen (secondary N) is 1. The number of nitrogens with zero attached hydrogens (tertiary/aromatic N) is 1. The molecule has 3 N–H and O–H groups in total. The summed E-state index contributed by atoms with van der Waals surface area (Å²) in [6.07, 6.45) is 1.71. The predicted octanol–water partition coefficient (Wildman–Crippen LogP) is 6.28. The van der Waals surface area contributed by atoms with Gasteiger partial charge in [0.25, 0.3) is 0 Å². The van der Waals surface area contributed by atoms with Crippen molar-refractivity contribution in [3.05, 3.63) is 72.5 Å². The normalized spacial score (nSPS) is 14.5. The number of amides is 2. The van der Waals surface area contributed by atoms with E-state index in [0.717, 1.165) is 0 Å². The first-order valence-electron chi connectivity index (χ1n) is 13.1. The van der Waals surface area contributed by atoms with Gasteiger partial charge in [-0.15, -0.1) is 0 Å². The Kier molecular flexibility index (Phi) is 9.11. The number of hydrogen-bond donors (Lipinski definition) is 3. The van der Waals surface area contributed by atoms with Gasteiger partial charge in [0.2, 0.25) is 0 Å². The van der Waals surface area contributed by atoms with E-state index in [4.69, 9.17) is 19.3 Å². The second-order valence-electron chi connectivity index (χ2n) is 10.2. The molecule has 0 atom stereocenters. The van der Waals surface area contributed by atoms with E-state index in [1.54, 1.807) is 47.4 Å². The van der Waals surface area contributed by atoms with E-state index in [9.17, 15) is 19.1 Å². The van der Waals surface area contributed by atoms with Gasteiger partial charge in [-0.3, -0.25) is 0 Å². The number of hydrogen-bond acceptors (Lipinski definition) is 6. The van der Waals surface area contributed by atoms with Gasteiger partial charge in [0.05, 0.1) is 5.60 Å². The molecule has 0 saturated carbocycles. The maximum atomic E-state index is 13.4. The number of likely N-dealkylation sites (tertiary alicyclic amines) is 1. The highest BCUT2D eigenvalue weighted by Gasteiger charge is 2.34. The van der Waals surface area contributed by atoms with Gasteiger partial charge in [-0.1, -0.05) is 13.8 Å². The fraction of sp³-hybridized carbons (Fsp3) is 0.333. The summed E-state index contributed by atoms with van der Waals surface area (Å²) in [6.45, 7) is 4.54. The molecule has 0 radical (unpaired) electrons. The molecule has 0 spiro atoms. The number of rotatable bonds is 10. The summed E-state index contributed by atoms with van der Waals surface area (Å²) in [5, 5.41) is 22.5. The fourth-order valence-corrected chi connectivity index (χ4v) is 4.58. The average molecular weight is 553 g/mol. The zero-order chi connectivity index (χ0) is 28.7. The first-order valence-corrected chi connectivity index (χ1v) is 13.1. The third-order valence-corrected chi connectivity index (χ3v) is 6.37. The zero-order valence-electron chi connectivity index (χ0n) is 22.4. The van der Waals surface area contributed by atoms with Crippen LogP contribution in [0.25, 0.3) is 0 Å². The van der Waals surface area contributed by atoms with Crippen LogP contribution in [0.5, 0.6) is 28.7 Å². The van der Waals surface area contributed by atoms with Crippen molar-refractivity contribution >= 4 is 17.7 Å². The number of urea groups is 1. The molecule has 0 aliphatic carbocycles. The van der Waals surface area contributed by atoms with Crippen LogP contribution >= 0.6 is 0 Å². The van der Waals surface area contributed by atoms with E-state index in [1.165, 1.54) is 24.3 Å². The number of carboxylic acids is 1. The quantitative estimate of drug-likeness (QED) is 0.271. The van der Waals surface area contributed by atoms with Gasteiger partial charge < -0.3 is 34.6 Å². The van der Waals surface area contributed by atoms with Crippen molar-refractivity contribution < 1.29 is 38.4 Å². The number of aliphatic hydroxyl groups is 1. The van der Waals surface area contributed by atoms with Crippen molar-refractivity contribution in [3.63, 3.8) is 0 Å². The highest BCUT2D eigenvalue weighted by molar-refractivity contribution is 5.90. The van der Waals surface area contributed by atoms with Gasteiger partial charge in [0.15, 0.2) is 6.61 Å². The Balaban J connectivity index is 1.49. The van der Waals surface area contributed by atoms with Gasteiger partial charge >= 0.3 is 12.0 Å². The predicted molar refractivity (Wildman–Crippen MR) is 147 cm³/mol. The zero-order valence-corrected chi connectivity index (χ0v) is 22.4. The van der Waals surface area contributed by atoms with Crippen molar-refractivity contribution in [1.82, 2.24) is 4.90 Å². The molecule has 1 saturated heterocycles. The number of carbonyl (C=O) groups excluding carboxylic acids is 1. The maximum Gasteiger partial charge on any atom is 0.341 e. The lowest BCUT2D eigenvalue weighted by Gasteiger charge is -2.39. The molecule has 9 nitrogen and oxygen atoms in total. The van der Waals surface area contributed by atoms with Crippen LogP contribution in [0.3, 0.4) is 0 Å². The van der Waals surface area contributed by atoms with Gasteiger partial charge in [0.1, 0.15) is 34.6 Å². The monoisotopic (exact) mass is 552 g/mol. The van der Waals surface area contributed by atoms with E-state index in [-0.39, 0.29) is 6.03 Å². The first kappa shape index (κ1) is 28.7. The molecule has 0 aromatic heterocycles. The number of aliphatic carboxylic acids is 1. The van der Waals surface area contributed by atoms with Crippen molar-refractivity contribution in [2.45, 2.75) is 38.7 Å². The van der Waals surface area contributed by atoms with Crippen LogP contribution in [-0.4, -0.2) is 52.4 Å². The number of carbonyl (C=O) groups is 2. The van der Waals surface area contributed by atoms with Crippen LogP contribution in [0.4, 0.5) is 14.9 Å². The Labute approximate surface area is 232 Å². The third kappa shape index (κ3) is 8.34. The summed E-state index contributed by atoms with van der Waals surface area (Å²) in [5.41, 5.74) is -0.340.